The molecule has 0 spiro atoms. The van der Waals surface area contributed by atoms with Crippen molar-refractivity contribution in [1.82, 2.24) is 20.2 Å². The molecule has 0 aromatic carbocycles. The zero-order valence-electron chi connectivity index (χ0n) is 11.8. The van der Waals surface area contributed by atoms with E-state index in [2.05, 4.69) is 15.3 Å². The van der Waals surface area contributed by atoms with Gasteiger partial charge >= 0.3 is 0 Å². The van der Waals surface area contributed by atoms with Crippen molar-refractivity contribution in [1.29, 1.82) is 0 Å². The van der Waals surface area contributed by atoms with Crippen LogP contribution in [0.15, 0.2) is 9.05 Å². The third-order valence-electron chi connectivity index (χ3n) is 3.68. The zero-order valence-corrected chi connectivity index (χ0v) is 12.6. The van der Waals surface area contributed by atoms with E-state index in [4.69, 9.17) is 20.6 Å². The van der Waals surface area contributed by atoms with Crippen molar-refractivity contribution in [3.8, 4) is 0 Å². The highest BCUT2D eigenvalue weighted by atomic mass is 35.5. The predicted molar refractivity (Wildman–Crippen MR) is 72.7 cm³/mol. The summed E-state index contributed by atoms with van der Waals surface area (Å²) in [6.07, 6.45) is 1.92. The van der Waals surface area contributed by atoms with Crippen LogP contribution in [-0.2, 0) is 11.2 Å². The summed E-state index contributed by atoms with van der Waals surface area (Å²) in [5, 5.41) is 7.86. The molecule has 1 aliphatic heterocycles. The van der Waals surface area contributed by atoms with Crippen molar-refractivity contribution in [2.75, 3.05) is 6.54 Å². The first-order chi connectivity index (χ1) is 10.1. The smallest absolute Gasteiger partial charge is 0.229 e. The van der Waals surface area contributed by atoms with Crippen molar-refractivity contribution in [3.63, 3.8) is 0 Å². The summed E-state index contributed by atoms with van der Waals surface area (Å²) in [4.78, 5) is 18.5. The molecule has 3 rings (SSSR count). The van der Waals surface area contributed by atoms with E-state index in [-0.39, 0.29) is 23.6 Å². The Bertz CT molecular complexity index is 647. The van der Waals surface area contributed by atoms with Crippen molar-refractivity contribution in [2.24, 2.45) is 0 Å². The molecule has 1 fully saturated rings. The molecule has 2 aromatic rings. The van der Waals surface area contributed by atoms with Crippen LogP contribution in [0.3, 0.4) is 0 Å². The van der Waals surface area contributed by atoms with Gasteiger partial charge in [0.05, 0.1) is 18.2 Å². The number of aryl methyl sites for hydroxylation is 2. The summed E-state index contributed by atoms with van der Waals surface area (Å²) >= 11 is 5.91. The van der Waals surface area contributed by atoms with Crippen LogP contribution < -0.4 is 0 Å². The van der Waals surface area contributed by atoms with Crippen LogP contribution in [-0.4, -0.2) is 32.6 Å². The first-order valence-corrected chi connectivity index (χ1v) is 7.14. The molecule has 8 heteroatoms. The molecular formula is C13H15ClN4O3. The highest BCUT2D eigenvalue weighted by Gasteiger charge is 2.33. The lowest BCUT2D eigenvalue weighted by Gasteiger charge is -2.22. The molecule has 0 N–H and O–H groups in total. The number of likely N-dealkylation sites (tertiary alicyclic amines) is 1. The SMILES string of the molecule is Cc1nc([C@H]2CCCN2C(=O)Cc2c(C)noc2Cl)no1. The lowest BCUT2D eigenvalue weighted by atomic mass is 10.1. The normalized spacial score (nSPS) is 18.4. The van der Waals surface area contributed by atoms with Gasteiger partial charge < -0.3 is 13.9 Å². The minimum absolute atomic E-state index is 0.0341. The second kappa shape index (κ2) is 5.48. The van der Waals surface area contributed by atoms with E-state index in [1.807, 2.05) is 0 Å². The van der Waals surface area contributed by atoms with E-state index < -0.39 is 0 Å². The van der Waals surface area contributed by atoms with Gasteiger partial charge in [0.15, 0.2) is 5.82 Å². The van der Waals surface area contributed by atoms with Crippen LogP contribution in [0.2, 0.25) is 5.22 Å². The Kier molecular flexibility index (Phi) is 3.67. The zero-order chi connectivity index (χ0) is 15.0. The van der Waals surface area contributed by atoms with Gasteiger partial charge in [-0.2, -0.15) is 4.98 Å². The minimum atomic E-state index is -0.131. The molecule has 1 atom stereocenters. The van der Waals surface area contributed by atoms with E-state index >= 15 is 0 Å². The number of carbonyl (C=O) groups is 1. The van der Waals surface area contributed by atoms with Gasteiger partial charge in [-0.15, -0.1) is 0 Å². The second-order valence-corrected chi connectivity index (χ2v) is 5.46. The lowest BCUT2D eigenvalue weighted by molar-refractivity contribution is -0.131. The molecule has 21 heavy (non-hydrogen) atoms. The molecule has 0 unspecified atom stereocenters. The number of hydrogen-bond acceptors (Lipinski definition) is 6. The van der Waals surface area contributed by atoms with Crippen LogP contribution in [0, 0.1) is 13.8 Å². The Labute approximate surface area is 126 Å². The standard InChI is InChI=1S/C13H15ClN4O3/c1-7-9(12(14)21-16-7)6-11(19)18-5-3-4-10(18)13-15-8(2)20-17-13/h10H,3-6H2,1-2H3/t10-/m1/s1. The molecule has 0 saturated carbocycles. The van der Waals surface area contributed by atoms with E-state index in [1.165, 1.54) is 0 Å². The van der Waals surface area contributed by atoms with Gasteiger partial charge in [0.2, 0.25) is 17.0 Å². The molecule has 1 aliphatic rings. The summed E-state index contributed by atoms with van der Waals surface area (Å²) in [5.41, 5.74) is 1.27. The molecule has 0 radical (unpaired) electrons. The van der Waals surface area contributed by atoms with Gasteiger partial charge in [0, 0.05) is 19.0 Å². The fourth-order valence-electron chi connectivity index (χ4n) is 2.60. The van der Waals surface area contributed by atoms with Gasteiger partial charge in [-0.3, -0.25) is 4.79 Å². The Morgan fingerprint density at radius 3 is 2.81 bits per heavy atom. The Balaban J connectivity index is 1.77. The predicted octanol–water partition coefficient (Wildman–Crippen LogP) is 2.23. The van der Waals surface area contributed by atoms with E-state index in [0.29, 0.717) is 29.5 Å². The molecule has 2 aromatic heterocycles. The summed E-state index contributed by atoms with van der Waals surface area (Å²) < 4.78 is 9.88. The third kappa shape index (κ3) is 2.65. The Hall–Kier alpha value is -1.89. The number of rotatable bonds is 3. The Morgan fingerprint density at radius 2 is 2.19 bits per heavy atom. The average molecular weight is 311 g/mol. The van der Waals surface area contributed by atoms with Crippen molar-refractivity contribution < 1.29 is 13.8 Å². The monoisotopic (exact) mass is 310 g/mol. The number of aromatic nitrogens is 3. The second-order valence-electron chi connectivity index (χ2n) is 5.11. The van der Waals surface area contributed by atoms with Crippen molar-refractivity contribution in [2.45, 2.75) is 39.2 Å². The van der Waals surface area contributed by atoms with E-state index in [1.54, 1.807) is 18.7 Å². The first kappa shape index (κ1) is 14.1. The van der Waals surface area contributed by atoms with Gasteiger partial charge in [-0.1, -0.05) is 10.3 Å². The number of hydrogen-bond donors (Lipinski definition) is 0. The van der Waals surface area contributed by atoms with Gasteiger partial charge in [0.25, 0.3) is 0 Å². The molecule has 7 nitrogen and oxygen atoms in total. The summed E-state index contributed by atoms with van der Waals surface area (Å²) in [6, 6.07) is -0.131. The van der Waals surface area contributed by atoms with Crippen LogP contribution in [0.1, 0.15) is 41.9 Å². The lowest BCUT2D eigenvalue weighted by Crippen LogP contribution is -2.32. The first-order valence-electron chi connectivity index (χ1n) is 6.76. The van der Waals surface area contributed by atoms with E-state index in [9.17, 15) is 4.79 Å². The summed E-state index contributed by atoms with van der Waals surface area (Å²) in [6.45, 7) is 4.18. The maximum absolute atomic E-state index is 12.5. The van der Waals surface area contributed by atoms with Crippen LogP contribution in [0.5, 0.6) is 0 Å². The fourth-order valence-corrected chi connectivity index (χ4v) is 2.83. The molecule has 1 saturated heterocycles. The molecule has 3 heterocycles. The molecule has 112 valence electrons. The van der Waals surface area contributed by atoms with Gasteiger partial charge in [-0.25, -0.2) is 0 Å². The number of nitrogens with zero attached hydrogens (tertiary/aromatic N) is 4. The van der Waals surface area contributed by atoms with Crippen LogP contribution in [0.4, 0.5) is 0 Å². The number of amides is 1. The van der Waals surface area contributed by atoms with Crippen LogP contribution in [0.25, 0.3) is 0 Å². The fraction of sp³-hybridized carbons (Fsp3) is 0.538. The largest absolute Gasteiger partial charge is 0.344 e. The Morgan fingerprint density at radius 1 is 1.38 bits per heavy atom. The summed E-state index contributed by atoms with van der Waals surface area (Å²) in [5.74, 6) is 1.03. The molecule has 0 aliphatic carbocycles. The van der Waals surface area contributed by atoms with Gasteiger partial charge in [0.1, 0.15) is 0 Å². The minimum Gasteiger partial charge on any atom is -0.344 e. The number of carbonyl (C=O) groups excluding carboxylic acids is 1. The quantitative estimate of drug-likeness (QED) is 0.864. The van der Waals surface area contributed by atoms with Crippen molar-refractivity contribution >= 4 is 17.5 Å². The van der Waals surface area contributed by atoms with Crippen molar-refractivity contribution in [3.05, 3.63) is 28.2 Å². The molecular weight excluding hydrogens is 296 g/mol. The van der Waals surface area contributed by atoms with Gasteiger partial charge in [-0.05, 0) is 31.4 Å². The highest BCUT2D eigenvalue weighted by Crippen LogP contribution is 2.31. The topological polar surface area (TPSA) is 85.3 Å². The summed E-state index contributed by atoms with van der Waals surface area (Å²) in [7, 11) is 0. The maximum Gasteiger partial charge on any atom is 0.229 e. The number of halogens is 1. The highest BCUT2D eigenvalue weighted by molar-refractivity contribution is 6.29. The maximum atomic E-state index is 12.5. The third-order valence-corrected chi connectivity index (χ3v) is 3.98. The van der Waals surface area contributed by atoms with Crippen LogP contribution >= 0.6 is 11.6 Å². The van der Waals surface area contributed by atoms with E-state index in [0.717, 1.165) is 12.8 Å². The molecule has 1 amide bonds. The molecule has 0 bridgehead atoms. The average Bonchev–Trinajstić information content (AvgIpc) is 3.14.